The van der Waals surface area contributed by atoms with Crippen LogP contribution in [0.2, 0.25) is 0 Å². The van der Waals surface area contributed by atoms with E-state index in [1.54, 1.807) is 23.2 Å². The number of hydrogen-bond acceptors (Lipinski definition) is 3. The molecule has 2 heterocycles. The number of para-hydroxylation sites is 1. The molecule has 2 amide bonds. The molecule has 0 unspecified atom stereocenters. The van der Waals surface area contributed by atoms with Gasteiger partial charge in [-0.05, 0) is 18.2 Å². The van der Waals surface area contributed by atoms with Gasteiger partial charge in [-0.15, -0.1) is 0 Å². The molecule has 1 atom stereocenters. The topological polar surface area (TPSA) is 71.4 Å². The molecule has 2 aromatic rings. The molecule has 1 fully saturated rings. The lowest BCUT2D eigenvalue weighted by atomic mass is 10.1. The third kappa shape index (κ3) is 3.71. The lowest BCUT2D eigenvalue weighted by molar-refractivity contribution is -0.122. The highest BCUT2D eigenvalue weighted by Crippen LogP contribution is 2.24. The molecule has 1 saturated heterocycles. The van der Waals surface area contributed by atoms with Crippen molar-refractivity contribution in [3.8, 4) is 0 Å². The first-order valence-corrected chi connectivity index (χ1v) is 7.91. The normalized spacial score (nSPS) is 17.1. The van der Waals surface area contributed by atoms with Gasteiger partial charge in [-0.25, -0.2) is 0 Å². The van der Waals surface area contributed by atoms with Gasteiger partial charge in [0.25, 0.3) is 5.56 Å². The van der Waals surface area contributed by atoms with Crippen molar-refractivity contribution in [3.05, 3.63) is 65.1 Å². The number of amides is 2. The third-order valence-electron chi connectivity index (χ3n) is 4.07. The zero-order valence-corrected chi connectivity index (χ0v) is 13.2. The van der Waals surface area contributed by atoms with Crippen molar-refractivity contribution < 1.29 is 9.59 Å². The number of aromatic nitrogens is 1. The number of rotatable bonds is 5. The summed E-state index contributed by atoms with van der Waals surface area (Å²) in [5.74, 6) is -0.0808. The van der Waals surface area contributed by atoms with Gasteiger partial charge in [0, 0.05) is 43.4 Å². The van der Waals surface area contributed by atoms with Crippen molar-refractivity contribution in [2.75, 3.05) is 18.0 Å². The van der Waals surface area contributed by atoms with Crippen molar-refractivity contribution in [2.45, 2.75) is 13.0 Å². The Morgan fingerprint density at radius 1 is 1.08 bits per heavy atom. The van der Waals surface area contributed by atoms with E-state index < -0.39 is 0 Å². The molecule has 6 heteroatoms. The molecular weight excluding hydrogens is 306 g/mol. The number of carbonyl (C=O) groups excluding carboxylic acids is 2. The summed E-state index contributed by atoms with van der Waals surface area (Å²) in [5.41, 5.74) is 0.672. The molecule has 1 aliphatic rings. The molecule has 1 aliphatic heterocycles. The molecule has 0 aliphatic carbocycles. The SMILES string of the molecule is O=C(Cn1ccccc1=O)NC[C@@H]1CC(=O)N(c2ccccc2)C1. The molecule has 1 aromatic carbocycles. The summed E-state index contributed by atoms with van der Waals surface area (Å²) in [6.45, 7) is 1.01. The van der Waals surface area contributed by atoms with Gasteiger partial charge in [0.1, 0.15) is 6.54 Å². The molecule has 0 spiro atoms. The minimum absolute atomic E-state index is 0.0112. The Labute approximate surface area is 139 Å². The van der Waals surface area contributed by atoms with Crippen LogP contribution in [0.3, 0.4) is 0 Å². The van der Waals surface area contributed by atoms with Gasteiger partial charge in [-0.1, -0.05) is 24.3 Å². The predicted molar refractivity (Wildman–Crippen MR) is 90.6 cm³/mol. The minimum Gasteiger partial charge on any atom is -0.354 e. The summed E-state index contributed by atoms with van der Waals surface area (Å²) in [6.07, 6.45) is 2.00. The number of nitrogens with zero attached hydrogens (tertiary/aromatic N) is 2. The third-order valence-corrected chi connectivity index (χ3v) is 4.07. The van der Waals surface area contributed by atoms with Gasteiger partial charge in [0.15, 0.2) is 0 Å². The zero-order valence-electron chi connectivity index (χ0n) is 13.2. The molecule has 6 nitrogen and oxygen atoms in total. The summed E-state index contributed by atoms with van der Waals surface area (Å²) in [5, 5.41) is 2.82. The smallest absolute Gasteiger partial charge is 0.250 e. The van der Waals surface area contributed by atoms with Crippen molar-refractivity contribution >= 4 is 17.5 Å². The quantitative estimate of drug-likeness (QED) is 0.892. The predicted octanol–water partition coefficient (Wildman–Crippen LogP) is 1.02. The zero-order chi connectivity index (χ0) is 16.9. The number of nitrogens with one attached hydrogen (secondary N) is 1. The molecule has 0 saturated carbocycles. The molecule has 124 valence electrons. The van der Waals surface area contributed by atoms with E-state index in [-0.39, 0.29) is 29.8 Å². The Kier molecular flexibility index (Phi) is 4.74. The van der Waals surface area contributed by atoms with E-state index in [0.717, 1.165) is 5.69 Å². The molecule has 1 aromatic heterocycles. The van der Waals surface area contributed by atoms with Crippen LogP contribution in [-0.2, 0) is 16.1 Å². The lowest BCUT2D eigenvalue weighted by Gasteiger charge is -2.17. The maximum absolute atomic E-state index is 12.1. The second-order valence-corrected chi connectivity index (χ2v) is 5.88. The Bertz CT molecular complexity index is 785. The molecule has 3 rings (SSSR count). The monoisotopic (exact) mass is 325 g/mol. The second-order valence-electron chi connectivity index (χ2n) is 5.88. The molecule has 0 radical (unpaired) electrons. The van der Waals surface area contributed by atoms with Crippen molar-refractivity contribution in [1.29, 1.82) is 0 Å². The van der Waals surface area contributed by atoms with Crippen LogP contribution in [0.4, 0.5) is 5.69 Å². The number of hydrogen-bond donors (Lipinski definition) is 1. The maximum Gasteiger partial charge on any atom is 0.250 e. The van der Waals surface area contributed by atoms with Gasteiger partial charge < -0.3 is 14.8 Å². The highest BCUT2D eigenvalue weighted by Gasteiger charge is 2.30. The highest BCUT2D eigenvalue weighted by atomic mass is 16.2. The van der Waals surface area contributed by atoms with E-state index in [4.69, 9.17) is 0 Å². The number of pyridine rings is 1. The largest absolute Gasteiger partial charge is 0.354 e. The van der Waals surface area contributed by atoms with E-state index in [2.05, 4.69) is 5.32 Å². The maximum atomic E-state index is 12.1. The van der Waals surface area contributed by atoms with Crippen LogP contribution >= 0.6 is 0 Å². The van der Waals surface area contributed by atoms with Gasteiger partial charge >= 0.3 is 0 Å². The fraction of sp³-hybridized carbons (Fsp3) is 0.278. The molecule has 1 N–H and O–H groups in total. The lowest BCUT2D eigenvalue weighted by Crippen LogP contribution is -2.35. The van der Waals surface area contributed by atoms with E-state index in [9.17, 15) is 14.4 Å². The molecular formula is C18H19N3O3. The minimum atomic E-state index is -0.228. The summed E-state index contributed by atoms with van der Waals surface area (Å²) in [7, 11) is 0. The van der Waals surface area contributed by atoms with E-state index >= 15 is 0 Å². The molecule has 0 bridgehead atoms. The summed E-state index contributed by atoms with van der Waals surface area (Å²) in [6, 6.07) is 14.3. The summed E-state index contributed by atoms with van der Waals surface area (Å²) in [4.78, 5) is 37.5. The van der Waals surface area contributed by atoms with Crippen LogP contribution in [0, 0.1) is 5.92 Å². The average molecular weight is 325 g/mol. The Balaban J connectivity index is 1.52. The van der Waals surface area contributed by atoms with Crippen LogP contribution in [0.15, 0.2) is 59.5 Å². The van der Waals surface area contributed by atoms with E-state index in [0.29, 0.717) is 19.5 Å². The first kappa shape index (κ1) is 16.0. The number of benzene rings is 1. The highest BCUT2D eigenvalue weighted by molar-refractivity contribution is 5.95. The standard InChI is InChI=1S/C18H19N3O3/c22-16(13-20-9-5-4-8-17(20)23)19-11-14-10-18(24)21(12-14)15-6-2-1-3-7-15/h1-9,14H,10-13H2,(H,19,22)/t14-/m0/s1. The average Bonchev–Trinajstić information content (AvgIpc) is 2.97. The van der Waals surface area contributed by atoms with Gasteiger partial charge in [-0.2, -0.15) is 0 Å². The Morgan fingerprint density at radius 2 is 1.83 bits per heavy atom. The van der Waals surface area contributed by atoms with Crippen LogP contribution in [0.1, 0.15) is 6.42 Å². The number of carbonyl (C=O) groups is 2. The second kappa shape index (κ2) is 7.12. The van der Waals surface area contributed by atoms with Crippen molar-refractivity contribution in [3.63, 3.8) is 0 Å². The Hall–Kier alpha value is -2.89. The summed E-state index contributed by atoms with van der Waals surface area (Å²) >= 11 is 0. The van der Waals surface area contributed by atoms with E-state index in [1.165, 1.54) is 10.6 Å². The van der Waals surface area contributed by atoms with Crippen molar-refractivity contribution in [1.82, 2.24) is 9.88 Å². The van der Waals surface area contributed by atoms with Crippen LogP contribution in [0.25, 0.3) is 0 Å². The fourth-order valence-corrected chi connectivity index (χ4v) is 2.84. The first-order valence-electron chi connectivity index (χ1n) is 7.91. The number of anilines is 1. The van der Waals surface area contributed by atoms with Crippen LogP contribution < -0.4 is 15.8 Å². The fourth-order valence-electron chi connectivity index (χ4n) is 2.84. The van der Waals surface area contributed by atoms with Crippen LogP contribution in [0.5, 0.6) is 0 Å². The molecule has 24 heavy (non-hydrogen) atoms. The Morgan fingerprint density at radius 3 is 2.58 bits per heavy atom. The summed E-state index contributed by atoms with van der Waals surface area (Å²) < 4.78 is 1.35. The van der Waals surface area contributed by atoms with Gasteiger partial charge in [-0.3, -0.25) is 14.4 Å². The van der Waals surface area contributed by atoms with Gasteiger partial charge in [0.2, 0.25) is 11.8 Å². The van der Waals surface area contributed by atoms with E-state index in [1.807, 2.05) is 30.3 Å². The van der Waals surface area contributed by atoms with Crippen molar-refractivity contribution in [2.24, 2.45) is 5.92 Å². The first-order chi connectivity index (χ1) is 11.6. The van der Waals surface area contributed by atoms with Crippen LogP contribution in [-0.4, -0.2) is 29.5 Å². The van der Waals surface area contributed by atoms with Gasteiger partial charge in [0.05, 0.1) is 0 Å².